The molecule has 0 fully saturated rings. The molecule has 3 heterocycles. The number of anilines is 1. The van der Waals surface area contributed by atoms with Crippen molar-refractivity contribution in [2.24, 2.45) is 0 Å². The van der Waals surface area contributed by atoms with Crippen LogP contribution in [0.5, 0.6) is 0 Å². The SMILES string of the molecule is CCCN(CC(=O)OCC)c1nc2nc(-c3cnn(Cc4cccc(C(F)(F)F)c4)c3)[nH]c2c(=O)[nH]1. The fourth-order valence-corrected chi connectivity index (χ4v) is 3.68. The van der Waals surface area contributed by atoms with Gasteiger partial charge in [-0.25, -0.2) is 4.98 Å². The van der Waals surface area contributed by atoms with Gasteiger partial charge in [-0.15, -0.1) is 0 Å². The van der Waals surface area contributed by atoms with Gasteiger partial charge in [0.15, 0.2) is 11.2 Å². The van der Waals surface area contributed by atoms with Crippen molar-refractivity contribution >= 4 is 23.1 Å². The van der Waals surface area contributed by atoms with E-state index in [9.17, 15) is 22.8 Å². The largest absolute Gasteiger partial charge is 0.465 e. The van der Waals surface area contributed by atoms with Crippen molar-refractivity contribution in [2.45, 2.75) is 33.0 Å². The van der Waals surface area contributed by atoms with E-state index in [1.165, 1.54) is 16.9 Å². The van der Waals surface area contributed by atoms with Crippen LogP contribution in [0, 0.1) is 0 Å². The number of alkyl halides is 3. The van der Waals surface area contributed by atoms with Gasteiger partial charge in [0.25, 0.3) is 5.56 Å². The monoisotopic (exact) mass is 503 g/mol. The zero-order valence-corrected chi connectivity index (χ0v) is 19.6. The maximum absolute atomic E-state index is 13.0. The first-order chi connectivity index (χ1) is 17.2. The smallest absolute Gasteiger partial charge is 0.416 e. The fourth-order valence-electron chi connectivity index (χ4n) is 3.68. The zero-order valence-electron chi connectivity index (χ0n) is 19.6. The Morgan fingerprint density at radius 2 is 2.00 bits per heavy atom. The number of aromatic amines is 2. The molecule has 13 heteroatoms. The van der Waals surface area contributed by atoms with E-state index in [1.54, 1.807) is 24.1 Å². The summed E-state index contributed by atoms with van der Waals surface area (Å²) in [5, 5.41) is 4.20. The highest BCUT2D eigenvalue weighted by molar-refractivity contribution is 5.77. The number of H-pyrrole nitrogens is 2. The molecule has 4 aromatic rings. The van der Waals surface area contributed by atoms with Crippen molar-refractivity contribution < 1.29 is 22.7 Å². The molecule has 0 bridgehead atoms. The van der Waals surface area contributed by atoms with E-state index in [4.69, 9.17) is 4.74 Å². The number of nitrogens with zero attached hydrogens (tertiary/aromatic N) is 5. The number of carbonyl (C=O) groups is 1. The molecule has 2 N–H and O–H groups in total. The van der Waals surface area contributed by atoms with Gasteiger partial charge in [0.05, 0.1) is 30.5 Å². The van der Waals surface area contributed by atoms with Crippen molar-refractivity contribution in [1.29, 1.82) is 0 Å². The van der Waals surface area contributed by atoms with Crippen LogP contribution in [-0.2, 0) is 22.3 Å². The van der Waals surface area contributed by atoms with E-state index in [2.05, 4.69) is 25.0 Å². The molecule has 0 amide bonds. The van der Waals surface area contributed by atoms with Gasteiger partial charge in [-0.2, -0.15) is 23.3 Å². The van der Waals surface area contributed by atoms with E-state index in [1.807, 2.05) is 6.92 Å². The molecular weight excluding hydrogens is 479 g/mol. The van der Waals surface area contributed by atoms with Crippen LogP contribution in [0.4, 0.5) is 19.1 Å². The summed E-state index contributed by atoms with van der Waals surface area (Å²) in [6.07, 6.45) is -0.624. The molecule has 190 valence electrons. The Balaban J connectivity index is 1.59. The number of nitrogens with one attached hydrogen (secondary N) is 2. The number of benzene rings is 1. The highest BCUT2D eigenvalue weighted by Crippen LogP contribution is 2.29. The van der Waals surface area contributed by atoms with Gasteiger partial charge in [0, 0.05) is 12.7 Å². The Bertz CT molecular complexity index is 1420. The average Bonchev–Trinajstić information content (AvgIpc) is 3.46. The van der Waals surface area contributed by atoms with Gasteiger partial charge in [0.2, 0.25) is 5.95 Å². The molecule has 0 spiro atoms. The lowest BCUT2D eigenvalue weighted by Gasteiger charge is -2.21. The van der Waals surface area contributed by atoms with Crippen LogP contribution < -0.4 is 10.5 Å². The van der Waals surface area contributed by atoms with Crippen LogP contribution in [-0.4, -0.2) is 55.4 Å². The first-order valence-electron chi connectivity index (χ1n) is 11.3. The average molecular weight is 503 g/mol. The summed E-state index contributed by atoms with van der Waals surface area (Å²) in [5.74, 6) is 0.0770. The Labute approximate surface area is 203 Å². The number of esters is 1. The number of fused-ring (bicyclic) bond motifs is 1. The predicted octanol–water partition coefficient (Wildman–Crippen LogP) is 3.36. The first-order valence-corrected chi connectivity index (χ1v) is 11.3. The predicted molar refractivity (Wildman–Crippen MR) is 125 cm³/mol. The fraction of sp³-hybridized carbons (Fsp3) is 0.348. The van der Waals surface area contributed by atoms with Gasteiger partial charge >= 0.3 is 12.1 Å². The Morgan fingerprint density at radius 1 is 1.19 bits per heavy atom. The van der Waals surface area contributed by atoms with Gasteiger partial charge < -0.3 is 14.6 Å². The maximum Gasteiger partial charge on any atom is 0.416 e. The number of ether oxygens (including phenoxy) is 1. The second kappa shape index (κ2) is 10.2. The highest BCUT2D eigenvalue weighted by Gasteiger charge is 2.30. The first kappa shape index (κ1) is 24.9. The van der Waals surface area contributed by atoms with Crippen molar-refractivity contribution in [3.8, 4) is 11.4 Å². The van der Waals surface area contributed by atoms with Crippen LogP contribution in [0.3, 0.4) is 0 Å². The van der Waals surface area contributed by atoms with Crippen LogP contribution in [0.1, 0.15) is 31.4 Å². The molecule has 0 saturated carbocycles. The standard InChI is InChI=1S/C23H24F3N7O3/c1-3-8-32(13-17(34)36-4-2)22-30-20-18(21(35)31-22)28-19(29-20)15-10-27-33(12-15)11-14-6-5-7-16(9-14)23(24,25)26/h5-7,9-10,12H,3-4,8,11,13H2,1-2H3,(H2,28,29,30,31,35). The minimum Gasteiger partial charge on any atom is -0.465 e. The van der Waals surface area contributed by atoms with Crippen LogP contribution >= 0.6 is 0 Å². The highest BCUT2D eigenvalue weighted by atomic mass is 19.4. The summed E-state index contributed by atoms with van der Waals surface area (Å²) in [7, 11) is 0. The Morgan fingerprint density at radius 3 is 2.72 bits per heavy atom. The van der Waals surface area contributed by atoms with E-state index in [0.29, 0.717) is 29.9 Å². The molecule has 10 nitrogen and oxygen atoms in total. The minimum atomic E-state index is -4.43. The van der Waals surface area contributed by atoms with Gasteiger partial charge in [-0.1, -0.05) is 19.1 Å². The molecule has 36 heavy (non-hydrogen) atoms. The van der Waals surface area contributed by atoms with Crippen molar-refractivity contribution in [1.82, 2.24) is 29.7 Å². The second-order valence-electron chi connectivity index (χ2n) is 8.02. The molecular formula is C23H24F3N7O3. The third-order valence-electron chi connectivity index (χ3n) is 5.27. The lowest BCUT2D eigenvalue weighted by atomic mass is 10.1. The Kier molecular flexibility index (Phi) is 7.08. The molecule has 0 atom stereocenters. The normalized spacial score (nSPS) is 11.7. The topological polar surface area (TPSA) is 122 Å². The molecule has 4 rings (SSSR count). The molecule has 0 unspecified atom stereocenters. The minimum absolute atomic E-state index is 0.0737. The number of imidazole rings is 1. The lowest BCUT2D eigenvalue weighted by Crippen LogP contribution is -2.34. The van der Waals surface area contributed by atoms with Crippen molar-refractivity contribution in [3.63, 3.8) is 0 Å². The van der Waals surface area contributed by atoms with E-state index < -0.39 is 23.3 Å². The third kappa shape index (κ3) is 5.56. The molecule has 0 radical (unpaired) electrons. The van der Waals surface area contributed by atoms with Gasteiger partial charge in [-0.3, -0.25) is 19.3 Å². The molecule has 0 aliphatic rings. The lowest BCUT2D eigenvalue weighted by molar-refractivity contribution is -0.141. The number of rotatable bonds is 9. The summed E-state index contributed by atoms with van der Waals surface area (Å²) < 4.78 is 45.4. The Hall–Kier alpha value is -4.16. The summed E-state index contributed by atoms with van der Waals surface area (Å²) in [6.45, 7) is 4.39. The summed E-state index contributed by atoms with van der Waals surface area (Å²) in [4.78, 5) is 40.7. The summed E-state index contributed by atoms with van der Waals surface area (Å²) in [6, 6.07) is 5.02. The zero-order chi connectivity index (χ0) is 25.9. The molecule has 3 aromatic heterocycles. The molecule has 0 saturated heterocycles. The third-order valence-corrected chi connectivity index (χ3v) is 5.27. The quantitative estimate of drug-likeness (QED) is 0.336. The second-order valence-corrected chi connectivity index (χ2v) is 8.02. The number of halogens is 3. The van der Waals surface area contributed by atoms with E-state index in [0.717, 1.165) is 12.1 Å². The van der Waals surface area contributed by atoms with Gasteiger partial charge in [-0.05, 0) is 31.0 Å². The van der Waals surface area contributed by atoms with E-state index >= 15 is 0 Å². The van der Waals surface area contributed by atoms with E-state index in [-0.39, 0.29) is 36.8 Å². The van der Waals surface area contributed by atoms with Crippen molar-refractivity contribution in [3.05, 3.63) is 58.1 Å². The van der Waals surface area contributed by atoms with Gasteiger partial charge in [0.1, 0.15) is 12.4 Å². The van der Waals surface area contributed by atoms with Crippen LogP contribution in [0.15, 0.2) is 41.5 Å². The van der Waals surface area contributed by atoms with Crippen LogP contribution in [0.25, 0.3) is 22.6 Å². The molecule has 1 aromatic carbocycles. The number of hydrogen-bond donors (Lipinski definition) is 2. The van der Waals surface area contributed by atoms with Crippen LogP contribution in [0.2, 0.25) is 0 Å². The maximum atomic E-state index is 13.0. The number of hydrogen-bond acceptors (Lipinski definition) is 7. The molecule has 0 aliphatic carbocycles. The molecule has 0 aliphatic heterocycles. The summed E-state index contributed by atoms with van der Waals surface area (Å²) in [5.41, 5.74) is 0.0644. The summed E-state index contributed by atoms with van der Waals surface area (Å²) >= 11 is 0. The number of aromatic nitrogens is 6. The number of carbonyl (C=O) groups excluding carboxylic acids is 1. The van der Waals surface area contributed by atoms with Crippen molar-refractivity contribution in [2.75, 3.05) is 24.6 Å².